The number of carbonyl (C=O) groups excluding carboxylic acids is 2. The van der Waals surface area contributed by atoms with Crippen molar-refractivity contribution >= 4 is 11.8 Å². The fraction of sp³-hybridized carbons (Fsp3) is 0.529. The predicted octanol–water partition coefficient (Wildman–Crippen LogP) is 1.45. The van der Waals surface area contributed by atoms with Crippen LogP contribution in [-0.4, -0.2) is 35.6 Å². The SMILES string of the molecule is Cc1cc(C)cc(C(=O)NCC(=O)NC2CCCCC2O)c1. The second-order valence-corrected chi connectivity index (χ2v) is 6.08. The largest absolute Gasteiger partial charge is 0.391 e. The lowest BCUT2D eigenvalue weighted by Crippen LogP contribution is -2.48. The zero-order valence-electron chi connectivity index (χ0n) is 13.2. The van der Waals surface area contributed by atoms with E-state index in [1.54, 1.807) is 12.1 Å². The van der Waals surface area contributed by atoms with Gasteiger partial charge in [-0.15, -0.1) is 0 Å². The molecular weight excluding hydrogens is 280 g/mol. The number of aliphatic hydroxyl groups excluding tert-OH is 1. The summed E-state index contributed by atoms with van der Waals surface area (Å²) >= 11 is 0. The first-order valence-corrected chi connectivity index (χ1v) is 7.79. The van der Waals surface area contributed by atoms with Crippen molar-refractivity contribution in [2.24, 2.45) is 0 Å². The molecular formula is C17H24N2O3. The van der Waals surface area contributed by atoms with E-state index in [1.807, 2.05) is 19.9 Å². The number of rotatable bonds is 4. The number of aliphatic hydroxyl groups is 1. The first-order chi connectivity index (χ1) is 10.5. The quantitative estimate of drug-likeness (QED) is 0.788. The van der Waals surface area contributed by atoms with Gasteiger partial charge in [0, 0.05) is 5.56 Å². The Balaban J connectivity index is 1.83. The summed E-state index contributed by atoms with van der Waals surface area (Å²) in [6.45, 7) is 3.79. The van der Waals surface area contributed by atoms with Gasteiger partial charge in [-0.05, 0) is 38.8 Å². The number of benzene rings is 1. The lowest BCUT2D eigenvalue weighted by molar-refractivity contribution is -0.122. The molecule has 2 unspecified atom stereocenters. The van der Waals surface area contributed by atoms with E-state index in [9.17, 15) is 14.7 Å². The molecule has 0 saturated heterocycles. The highest BCUT2D eigenvalue weighted by Gasteiger charge is 2.24. The number of carbonyl (C=O) groups is 2. The Morgan fingerprint density at radius 3 is 2.41 bits per heavy atom. The van der Waals surface area contributed by atoms with Crippen LogP contribution in [0.25, 0.3) is 0 Å². The van der Waals surface area contributed by atoms with Gasteiger partial charge in [0.25, 0.3) is 5.91 Å². The molecule has 1 aliphatic rings. The molecule has 2 amide bonds. The summed E-state index contributed by atoms with van der Waals surface area (Å²) in [5.41, 5.74) is 2.59. The minimum absolute atomic E-state index is 0.0744. The van der Waals surface area contributed by atoms with Crippen molar-refractivity contribution in [3.8, 4) is 0 Å². The van der Waals surface area contributed by atoms with Gasteiger partial charge in [0.2, 0.25) is 5.91 Å². The van der Waals surface area contributed by atoms with E-state index in [0.717, 1.165) is 36.8 Å². The average Bonchev–Trinajstić information content (AvgIpc) is 2.46. The first-order valence-electron chi connectivity index (χ1n) is 7.79. The minimum Gasteiger partial charge on any atom is -0.391 e. The molecule has 1 fully saturated rings. The first kappa shape index (κ1) is 16.5. The Morgan fingerprint density at radius 1 is 1.14 bits per heavy atom. The lowest BCUT2D eigenvalue weighted by atomic mass is 9.92. The highest BCUT2D eigenvalue weighted by atomic mass is 16.3. The second kappa shape index (κ2) is 7.40. The molecule has 0 aliphatic heterocycles. The van der Waals surface area contributed by atoms with E-state index in [0.29, 0.717) is 5.56 Å². The normalized spacial score (nSPS) is 21.2. The highest BCUT2D eigenvalue weighted by molar-refractivity contribution is 5.96. The van der Waals surface area contributed by atoms with Crippen molar-refractivity contribution in [1.82, 2.24) is 10.6 Å². The molecule has 2 atom stereocenters. The van der Waals surface area contributed by atoms with Crippen molar-refractivity contribution in [2.75, 3.05) is 6.54 Å². The van der Waals surface area contributed by atoms with Crippen molar-refractivity contribution in [2.45, 2.75) is 51.7 Å². The molecule has 0 aromatic heterocycles. The Kier molecular flexibility index (Phi) is 5.55. The van der Waals surface area contributed by atoms with Crippen molar-refractivity contribution in [3.05, 3.63) is 34.9 Å². The molecule has 0 heterocycles. The number of aryl methyl sites for hydroxylation is 2. The minimum atomic E-state index is -0.479. The number of amides is 2. The Labute approximate surface area is 131 Å². The monoisotopic (exact) mass is 304 g/mol. The van der Waals surface area contributed by atoms with Crippen LogP contribution < -0.4 is 10.6 Å². The second-order valence-electron chi connectivity index (χ2n) is 6.08. The third-order valence-corrected chi connectivity index (χ3v) is 3.97. The summed E-state index contributed by atoms with van der Waals surface area (Å²) in [6, 6.07) is 5.39. The molecule has 2 rings (SSSR count). The van der Waals surface area contributed by atoms with Crippen LogP contribution in [0.1, 0.15) is 47.2 Å². The van der Waals surface area contributed by atoms with E-state index >= 15 is 0 Å². The molecule has 3 N–H and O–H groups in total. The number of nitrogens with one attached hydrogen (secondary N) is 2. The van der Waals surface area contributed by atoms with E-state index in [2.05, 4.69) is 10.6 Å². The number of hydrogen-bond acceptors (Lipinski definition) is 3. The molecule has 1 aromatic rings. The van der Waals surface area contributed by atoms with Crippen molar-refractivity contribution in [3.63, 3.8) is 0 Å². The summed E-state index contributed by atoms with van der Waals surface area (Å²) in [6.07, 6.45) is 3.04. The molecule has 5 heteroatoms. The predicted molar refractivity (Wildman–Crippen MR) is 84.7 cm³/mol. The third kappa shape index (κ3) is 4.56. The van der Waals surface area contributed by atoms with Gasteiger partial charge >= 0.3 is 0 Å². The molecule has 22 heavy (non-hydrogen) atoms. The molecule has 1 aromatic carbocycles. The molecule has 0 bridgehead atoms. The van der Waals surface area contributed by atoms with Crippen LogP contribution in [-0.2, 0) is 4.79 Å². The Morgan fingerprint density at radius 2 is 1.77 bits per heavy atom. The fourth-order valence-corrected chi connectivity index (χ4v) is 2.91. The lowest BCUT2D eigenvalue weighted by Gasteiger charge is -2.28. The van der Waals surface area contributed by atoms with E-state index in [4.69, 9.17) is 0 Å². The van der Waals surface area contributed by atoms with Crippen LogP contribution in [0.2, 0.25) is 0 Å². The third-order valence-electron chi connectivity index (χ3n) is 3.97. The molecule has 0 radical (unpaired) electrons. The van der Waals surface area contributed by atoms with Gasteiger partial charge in [0.05, 0.1) is 18.7 Å². The van der Waals surface area contributed by atoms with Gasteiger partial charge in [0.1, 0.15) is 0 Å². The molecule has 5 nitrogen and oxygen atoms in total. The van der Waals surface area contributed by atoms with Gasteiger partial charge in [-0.1, -0.05) is 30.0 Å². The average molecular weight is 304 g/mol. The zero-order chi connectivity index (χ0) is 16.1. The van der Waals surface area contributed by atoms with Crippen LogP contribution in [0.15, 0.2) is 18.2 Å². The van der Waals surface area contributed by atoms with E-state index in [1.165, 1.54) is 0 Å². The summed E-state index contributed by atoms with van der Waals surface area (Å²) in [5.74, 6) is -0.519. The maximum atomic E-state index is 12.1. The summed E-state index contributed by atoms with van der Waals surface area (Å²) in [7, 11) is 0. The van der Waals surface area contributed by atoms with Crippen LogP contribution in [0.4, 0.5) is 0 Å². The molecule has 0 spiro atoms. The van der Waals surface area contributed by atoms with Crippen LogP contribution in [0.3, 0.4) is 0 Å². The molecule has 120 valence electrons. The van der Waals surface area contributed by atoms with Crippen LogP contribution >= 0.6 is 0 Å². The summed E-state index contributed by atoms with van der Waals surface area (Å²) in [4.78, 5) is 24.0. The van der Waals surface area contributed by atoms with Crippen LogP contribution in [0, 0.1) is 13.8 Å². The van der Waals surface area contributed by atoms with E-state index < -0.39 is 6.10 Å². The fourth-order valence-electron chi connectivity index (χ4n) is 2.91. The Bertz CT molecular complexity index is 537. The van der Waals surface area contributed by atoms with Gasteiger partial charge < -0.3 is 15.7 Å². The van der Waals surface area contributed by atoms with Crippen LogP contribution in [0.5, 0.6) is 0 Å². The summed E-state index contributed by atoms with van der Waals surface area (Å²) in [5, 5.41) is 15.3. The van der Waals surface area contributed by atoms with Crippen molar-refractivity contribution < 1.29 is 14.7 Å². The van der Waals surface area contributed by atoms with Gasteiger partial charge in [0.15, 0.2) is 0 Å². The van der Waals surface area contributed by atoms with Crippen molar-refractivity contribution in [1.29, 1.82) is 0 Å². The van der Waals surface area contributed by atoms with Gasteiger partial charge in [-0.3, -0.25) is 9.59 Å². The maximum Gasteiger partial charge on any atom is 0.251 e. The number of hydrogen-bond donors (Lipinski definition) is 3. The maximum absolute atomic E-state index is 12.1. The zero-order valence-corrected chi connectivity index (χ0v) is 13.2. The summed E-state index contributed by atoms with van der Waals surface area (Å²) < 4.78 is 0. The molecule has 1 saturated carbocycles. The topological polar surface area (TPSA) is 78.4 Å². The standard InChI is InChI=1S/C17H24N2O3/c1-11-7-12(2)9-13(8-11)17(22)18-10-16(21)19-14-5-3-4-6-15(14)20/h7-9,14-15,20H,3-6,10H2,1-2H3,(H,18,22)(H,19,21). The van der Waals surface area contributed by atoms with Gasteiger partial charge in [-0.25, -0.2) is 0 Å². The Hall–Kier alpha value is -1.88. The van der Waals surface area contributed by atoms with Gasteiger partial charge in [-0.2, -0.15) is 0 Å². The molecule has 1 aliphatic carbocycles. The van der Waals surface area contributed by atoms with E-state index in [-0.39, 0.29) is 24.4 Å². The highest BCUT2D eigenvalue weighted by Crippen LogP contribution is 2.18. The smallest absolute Gasteiger partial charge is 0.251 e.